The number of nitrogens with two attached hydrogens (primary N) is 1. The van der Waals surface area contributed by atoms with Crippen molar-refractivity contribution in [3.8, 4) is 11.1 Å². The average molecular weight is 711 g/mol. The standard InChI is InChI=1S/C38H42N6O8/c1-19-23-15-16-44(32(23)35(47)43-31(19)34(46)42-30-17-22(37(49)51-4)13-14-29(30)39)36(48)21(3)40-33(45)20(2)41-38(50)52-18-28-26-11-7-5-9-24(26)25-10-6-8-12-27(25)28/h5-14,17,19-21,23,28,31-32H,15-16,18,39H2,1-4H3,(H,40,45)(H,41,50)(H,42,46)(H,43,47). The molecule has 52 heavy (non-hydrogen) atoms. The highest BCUT2D eigenvalue weighted by Crippen LogP contribution is 2.44. The summed E-state index contributed by atoms with van der Waals surface area (Å²) >= 11 is 0. The van der Waals surface area contributed by atoms with Gasteiger partial charge in [0, 0.05) is 12.5 Å². The first-order chi connectivity index (χ1) is 24.9. The van der Waals surface area contributed by atoms with E-state index in [1.807, 2.05) is 55.5 Å². The molecule has 3 aliphatic rings. The molecule has 0 saturated carbocycles. The van der Waals surface area contributed by atoms with E-state index in [1.54, 1.807) is 0 Å². The van der Waals surface area contributed by atoms with Crippen LogP contribution in [0.5, 0.6) is 0 Å². The number of methoxy groups -OCH3 is 1. The van der Waals surface area contributed by atoms with Crippen LogP contribution in [0, 0.1) is 11.8 Å². The van der Waals surface area contributed by atoms with E-state index in [0.29, 0.717) is 6.42 Å². The minimum absolute atomic E-state index is 0.0836. The number of carbonyl (C=O) groups excluding carboxylic acids is 6. The maximum absolute atomic E-state index is 13.6. The second kappa shape index (κ2) is 14.7. The number of likely N-dealkylation sites (tertiary alicyclic amines) is 1. The molecule has 14 heteroatoms. The Bertz CT molecular complexity index is 1890. The Morgan fingerprint density at radius 1 is 0.942 bits per heavy atom. The molecule has 2 heterocycles. The summed E-state index contributed by atoms with van der Waals surface area (Å²) in [6.07, 6.45) is -0.300. The first-order valence-corrected chi connectivity index (χ1v) is 17.2. The number of nitrogens with one attached hydrogen (secondary N) is 4. The van der Waals surface area contributed by atoms with Gasteiger partial charge in [0.2, 0.25) is 23.6 Å². The van der Waals surface area contributed by atoms with Crippen LogP contribution in [0.4, 0.5) is 16.2 Å². The average Bonchev–Trinajstić information content (AvgIpc) is 3.73. The van der Waals surface area contributed by atoms with Crippen LogP contribution in [0.15, 0.2) is 66.7 Å². The molecule has 2 fully saturated rings. The maximum Gasteiger partial charge on any atom is 0.407 e. The lowest BCUT2D eigenvalue weighted by molar-refractivity contribution is -0.145. The van der Waals surface area contributed by atoms with E-state index in [9.17, 15) is 28.8 Å². The molecule has 1 aliphatic carbocycles. The van der Waals surface area contributed by atoms with Crippen molar-refractivity contribution in [3.63, 3.8) is 0 Å². The van der Waals surface area contributed by atoms with Gasteiger partial charge in [0.25, 0.3) is 0 Å². The van der Waals surface area contributed by atoms with E-state index in [-0.39, 0.29) is 47.8 Å². The van der Waals surface area contributed by atoms with Crippen molar-refractivity contribution < 1.29 is 38.2 Å². The number of anilines is 2. The minimum atomic E-state index is -1.02. The van der Waals surface area contributed by atoms with Gasteiger partial charge < -0.3 is 41.4 Å². The highest BCUT2D eigenvalue weighted by molar-refractivity contribution is 6.03. The van der Waals surface area contributed by atoms with Crippen LogP contribution in [-0.4, -0.2) is 85.0 Å². The zero-order valence-corrected chi connectivity index (χ0v) is 29.3. The molecule has 6 unspecified atom stereocenters. The number of fused-ring (bicyclic) bond motifs is 4. The third-order valence-electron chi connectivity index (χ3n) is 10.3. The zero-order valence-electron chi connectivity index (χ0n) is 29.3. The van der Waals surface area contributed by atoms with E-state index in [0.717, 1.165) is 22.3 Å². The summed E-state index contributed by atoms with van der Waals surface area (Å²) < 4.78 is 10.3. The molecule has 3 aromatic carbocycles. The van der Waals surface area contributed by atoms with E-state index in [1.165, 1.54) is 44.1 Å². The number of ether oxygens (including phenoxy) is 2. The molecule has 3 aromatic rings. The number of carbonyl (C=O) groups is 6. The number of hydrogen-bond donors (Lipinski definition) is 5. The van der Waals surface area contributed by atoms with Crippen LogP contribution in [0.2, 0.25) is 0 Å². The first kappa shape index (κ1) is 35.9. The number of nitrogens with zero attached hydrogens (tertiary/aromatic N) is 1. The number of rotatable bonds is 9. The molecular formula is C38H42N6O8. The van der Waals surface area contributed by atoms with Crippen LogP contribution in [0.25, 0.3) is 11.1 Å². The van der Waals surface area contributed by atoms with Gasteiger partial charge in [0.1, 0.15) is 30.8 Å². The molecular weight excluding hydrogens is 668 g/mol. The Labute approximate surface area is 300 Å². The summed E-state index contributed by atoms with van der Waals surface area (Å²) in [5, 5.41) is 10.6. The zero-order chi connectivity index (χ0) is 37.3. The van der Waals surface area contributed by atoms with Gasteiger partial charge in [-0.3, -0.25) is 19.2 Å². The summed E-state index contributed by atoms with van der Waals surface area (Å²) in [5.74, 6) is -3.50. The largest absolute Gasteiger partial charge is 0.465 e. The van der Waals surface area contributed by atoms with E-state index < -0.39 is 59.9 Å². The molecule has 0 bridgehead atoms. The lowest BCUT2D eigenvalue weighted by Crippen LogP contribution is -2.63. The predicted molar refractivity (Wildman–Crippen MR) is 191 cm³/mol. The quantitative estimate of drug-likeness (QED) is 0.164. The third kappa shape index (κ3) is 6.88. The number of piperidine rings is 1. The maximum atomic E-state index is 13.6. The Kier molecular flexibility index (Phi) is 10.2. The fourth-order valence-electron chi connectivity index (χ4n) is 7.52. The summed E-state index contributed by atoms with van der Waals surface area (Å²) in [4.78, 5) is 79.5. The van der Waals surface area contributed by atoms with Crippen molar-refractivity contribution in [1.29, 1.82) is 0 Å². The van der Waals surface area contributed by atoms with Gasteiger partial charge in [0.15, 0.2) is 0 Å². The molecule has 5 amide bonds. The molecule has 6 rings (SSSR count). The second-order valence-corrected chi connectivity index (χ2v) is 13.5. The van der Waals surface area contributed by atoms with Crippen LogP contribution in [0.1, 0.15) is 54.6 Å². The topological polar surface area (TPSA) is 198 Å². The first-order valence-electron chi connectivity index (χ1n) is 17.2. The monoisotopic (exact) mass is 710 g/mol. The SMILES string of the molecule is COC(=O)c1ccc(N)c(NC(=O)C2NC(=O)C3C(CCN3C(=O)C(C)NC(=O)C(C)NC(=O)OCC3c4ccccc4-c4ccccc43)C2C)c1. The molecule has 0 aromatic heterocycles. The fraction of sp³-hybridized carbons (Fsp3) is 0.368. The fourth-order valence-corrected chi connectivity index (χ4v) is 7.52. The van der Waals surface area contributed by atoms with E-state index in [4.69, 9.17) is 15.2 Å². The van der Waals surface area contributed by atoms with E-state index in [2.05, 4.69) is 21.3 Å². The van der Waals surface area contributed by atoms with Crippen molar-refractivity contribution >= 4 is 47.1 Å². The molecule has 0 radical (unpaired) electrons. The van der Waals surface area contributed by atoms with Crippen LogP contribution in [-0.2, 0) is 28.7 Å². The van der Waals surface area contributed by atoms with Gasteiger partial charge in [-0.2, -0.15) is 0 Å². The summed E-state index contributed by atoms with van der Waals surface area (Å²) in [6, 6.07) is 16.5. The van der Waals surface area contributed by atoms with Crippen molar-refractivity contribution in [2.24, 2.45) is 11.8 Å². The molecule has 6 N–H and O–H groups in total. The van der Waals surface area contributed by atoms with Gasteiger partial charge in [-0.05, 0) is 72.6 Å². The highest BCUT2D eigenvalue weighted by Gasteiger charge is 2.52. The molecule has 272 valence electrons. The number of amides is 5. The van der Waals surface area contributed by atoms with Gasteiger partial charge in [-0.15, -0.1) is 0 Å². The molecule has 2 saturated heterocycles. The number of alkyl carbamates (subject to hydrolysis) is 1. The summed E-state index contributed by atoms with van der Waals surface area (Å²) in [7, 11) is 1.24. The number of hydrogen-bond acceptors (Lipinski definition) is 9. The lowest BCUT2D eigenvalue weighted by Gasteiger charge is -2.40. The lowest BCUT2D eigenvalue weighted by atomic mass is 9.78. The van der Waals surface area contributed by atoms with Gasteiger partial charge in [0.05, 0.1) is 24.0 Å². The van der Waals surface area contributed by atoms with Gasteiger partial charge in [-0.1, -0.05) is 55.5 Å². The summed E-state index contributed by atoms with van der Waals surface area (Å²) in [5.41, 5.74) is 11.0. The molecule has 2 aliphatic heterocycles. The Morgan fingerprint density at radius 2 is 1.60 bits per heavy atom. The molecule has 14 nitrogen and oxygen atoms in total. The van der Waals surface area contributed by atoms with Crippen molar-refractivity contribution in [3.05, 3.63) is 83.4 Å². The van der Waals surface area contributed by atoms with Crippen molar-refractivity contribution in [2.45, 2.75) is 57.3 Å². The number of benzene rings is 3. The normalized spacial score (nSPS) is 21.4. The van der Waals surface area contributed by atoms with Crippen molar-refractivity contribution in [2.75, 3.05) is 31.3 Å². The highest BCUT2D eigenvalue weighted by atomic mass is 16.5. The smallest absolute Gasteiger partial charge is 0.407 e. The predicted octanol–water partition coefficient (Wildman–Crippen LogP) is 2.78. The molecule has 6 atom stereocenters. The molecule has 0 spiro atoms. The second-order valence-electron chi connectivity index (χ2n) is 13.5. The Hall–Kier alpha value is -5.92. The minimum Gasteiger partial charge on any atom is -0.465 e. The Balaban J connectivity index is 1.01. The number of esters is 1. The summed E-state index contributed by atoms with van der Waals surface area (Å²) in [6.45, 7) is 5.16. The van der Waals surface area contributed by atoms with Gasteiger partial charge in [-0.25, -0.2) is 9.59 Å². The van der Waals surface area contributed by atoms with E-state index >= 15 is 0 Å². The van der Waals surface area contributed by atoms with Crippen LogP contribution < -0.4 is 27.0 Å². The van der Waals surface area contributed by atoms with Crippen LogP contribution >= 0.6 is 0 Å². The Morgan fingerprint density at radius 3 is 2.25 bits per heavy atom. The number of nitrogen functional groups attached to an aromatic ring is 1. The van der Waals surface area contributed by atoms with Crippen LogP contribution in [0.3, 0.4) is 0 Å². The van der Waals surface area contributed by atoms with Gasteiger partial charge >= 0.3 is 12.1 Å². The third-order valence-corrected chi connectivity index (χ3v) is 10.3. The van der Waals surface area contributed by atoms with Crippen molar-refractivity contribution in [1.82, 2.24) is 20.9 Å².